The summed E-state index contributed by atoms with van der Waals surface area (Å²) in [6, 6.07) is 8.75. The van der Waals surface area contributed by atoms with Crippen LogP contribution in [0.25, 0.3) is 0 Å². The second-order valence-electron chi connectivity index (χ2n) is 4.86. The summed E-state index contributed by atoms with van der Waals surface area (Å²) in [7, 11) is 0. The van der Waals surface area contributed by atoms with Crippen LogP contribution in [0.5, 0.6) is 0 Å². The molecule has 3 aromatic rings. The third-order valence-corrected chi connectivity index (χ3v) is 3.07. The Hall–Kier alpha value is -3.62. The zero-order chi connectivity index (χ0) is 16.9. The van der Waals surface area contributed by atoms with Crippen molar-refractivity contribution in [3.63, 3.8) is 0 Å². The van der Waals surface area contributed by atoms with E-state index < -0.39 is 4.92 Å². The van der Waals surface area contributed by atoms with E-state index in [1.165, 1.54) is 6.33 Å². The van der Waals surface area contributed by atoms with Gasteiger partial charge in [-0.05, 0) is 30.7 Å². The lowest BCUT2D eigenvalue weighted by atomic mass is 10.3. The lowest BCUT2D eigenvalue weighted by molar-refractivity contribution is -0.383. The number of anilines is 4. The number of aryl methyl sites for hydroxylation is 1. The summed E-state index contributed by atoms with van der Waals surface area (Å²) in [5.41, 5.74) is 0.695. The summed E-state index contributed by atoms with van der Waals surface area (Å²) in [6.07, 6.45) is 4.46. The molecule has 3 aromatic heterocycles. The minimum absolute atomic E-state index is 0.0447. The number of pyridine rings is 2. The molecule has 9 heteroatoms. The van der Waals surface area contributed by atoms with Crippen LogP contribution in [0.4, 0.5) is 29.0 Å². The molecule has 9 nitrogen and oxygen atoms in total. The minimum atomic E-state index is -0.554. The third kappa shape index (κ3) is 3.40. The molecule has 0 aliphatic carbocycles. The largest absolute Gasteiger partial charge is 0.354 e. The molecule has 0 fully saturated rings. The van der Waals surface area contributed by atoms with Crippen LogP contribution in [0.15, 0.2) is 49.1 Å². The first-order valence-corrected chi connectivity index (χ1v) is 7.00. The third-order valence-electron chi connectivity index (χ3n) is 3.07. The van der Waals surface area contributed by atoms with Crippen molar-refractivity contribution in [2.24, 2.45) is 0 Å². The maximum atomic E-state index is 11.5. The van der Waals surface area contributed by atoms with Crippen LogP contribution in [0.2, 0.25) is 0 Å². The van der Waals surface area contributed by atoms with Crippen LogP contribution in [-0.2, 0) is 0 Å². The Labute approximate surface area is 137 Å². The van der Waals surface area contributed by atoms with Crippen LogP contribution < -0.4 is 10.6 Å². The van der Waals surface area contributed by atoms with Crippen molar-refractivity contribution in [1.82, 2.24) is 19.9 Å². The fraction of sp³-hybridized carbons (Fsp3) is 0.0667. The van der Waals surface area contributed by atoms with E-state index in [0.717, 1.165) is 5.56 Å². The quantitative estimate of drug-likeness (QED) is 0.543. The molecule has 0 saturated carbocycles. The molecule has 120 valence electrons. The number of rotatable bonds is 5. The van der Waals surface area contributed by atoms with Gasteiger partial charge in [-0.1, -0.05) is 12.1 Å². The number of aromatic nitrogens is 4. The maximum absolute atomic E-state index is 11.5. The first kappa shape index (κ1) is 15.3. The molecule has 0 amide bonds. The van der Waals surface area contributed by atoms with E-state index in [4.69, 9.17) is 0 Å². The molecule has 0 unspecified atom stereocenters. The zero-order valence-corrected chi connectivity index (χ0v) is 12.7. The average Bonchev–Trinajstić information content (AvgIpc) is 2.58. The second kappa shape index (κ2) is 6.65. The Morgan fingerprint density at radius 2 is 1.67 bits per heavy atom. The molecule has 0 spiro atoms. The fourth-order valence-corrected chi connectivity index (χ4v) is 1.96. The van der Waals surface area contributed by atoms with E-state index >= 15 is 0 Å². The molecular formula is C15H13N7O2. The van der Waals surface area contributed by atoms with Gasteiger partial charge in [-0.2, -0.15) is 0 Å². The highest BCUT2D eigenvalue weighted by Gasteiger charge is 2.23. The van der Waals surface area contributed by atoms with Gasteiger partial charge in [0.25, 0.3) is 0 Å². The molecule has 0 aliphatic rings. The van der Waals surface area contributed by atoms with E-state index in [-0.39, 0.29) is 17.3 Å². The first-order chi connectivity index (χ1) is 11.6. The predicted molar refractivity (Wildman–Crippen MR) is 88.5 cm³/mol. The van der Waals surface area contributed by atoms with Crippen LogP contribution >= 0.6 is 0 Å². The van der Waals surface area contributed by atoms with Gasteiger partial charge in [0.15, 0.2) is 0 Å². The zero-order valence-electron chi connectivity index (χ0n) is 12.7. The summed E-state index contributed by atoms with van der Waals surface area (Å²) in [5, 5.41) is 17.1. The summed E-state index contributed by atoms with van der Waals surface area (Å²) >= 11 is 0. The highest BCUT2D eigenvalue weighted by molar-refractivity contribution is 5.75. The molecule has 0 bridgehead atoms. The van der Waals surface area contributed by atoms with E-state index in [1.807, 2.05) is 13.0 Å². The summed E-state index contributed by atoms with van der Waals surface area (Å²) in [4.78, 5) is 27.1. The van der Waals surface area contributed by atoms with Crippen molar-refractivity contribution in [3.8, 4) is 0 Å². The van der Waals surface area contributed by atoms with Gasteiger partial charge in [-0.15, -0.1) is 0 Å². The van der Waals surface area contributed by atoms with Crippen molar-refractivity contribution in [2.45, 2.75) is 6.92 Å². The molecule has 2 N–H and O–H groups in total. The monoisotopic (exact) mass is 323 g/mol. The van der Waals surface area contributed by atoms with Gasteiger partial charge >= 0.3 is 5.69 Å². The normalized spacial score (nSPS) is 10.2. The van der Waals surface area contributed by atoms with E-state index in [9.17, 15) is 10.1 Å². The molecular weight excluding hydrogens is 310 g/mol. The van der Waals surface area contributed by atoms with Crippen molar-refractivity contribution in [1.29, 1.82) is 0 Å². The average molecular weight is 323 g/mol. The summed E-state index contributed by atoms with van der Waals surface area (Å²) < 4.78 is 0. The van der Waals surface area contributed by atoms with Crippen LogP contribution in [0.1, 0.15) is 5.56 Å². The highest BCUT2D eigenvalue weighted by atomic mass is 16.6. The molecule has 0 aliphatic heterocycles. The Morgan fingerprint density at radius 1 is 0.958 bits per heavy atom. The Balaban J connectivity index is 1.96. The number of hydrogen-bond acceptors (Lipinski definition) is 8. The molecule has 3 heterocycles. The number of nitrogens with zero attached hydrogens (tertiary/aromatic N) is 5. The van der Waals surface area contributed by atoms with E-state index in [0.29, 0.717) is 11.6 Å². The van der Waals surface area contributed by atoms with Gasteiger partial charge in [0.05, 0.1) is 4.92 Å². The number of hydrogen-bond donors (Lipinski definition) is 2. The SMILES string of the molecule is Cc1ccc(Nc2ncnc(Nc3ccccn3)c2[N+](=O)[O-])nc1. The van der Waals surface area contributed by atoms with Crippen LogP contribution in [0, 0.1) is 17.0 Å². The molecule has 0 saturated heterocycles. The fourth-order valence-electron chi connectivity index (χ4n) is 1.96. The van der Waals surface area contributed by atoms with Crippen molar-refractivity contribution in [2.75, 3.05) is 10.6 Å². The number of nitrogens with one attached hydrogen (secondary N) is 2. The topological polar surface area (TPSA) is 119 Å². The summed E-state index contributed by atoms with van der Waals surface area (Å²) in [5.74, 6) is 0.984. The lowest BCUT2D eigenvalue weighted by Crippen LogP contribution is -2.06. The molecule has 0 radical (unpaired) electrons. The van der Waals surface area contributed by atoms with Gasteiger partial charge in [0.1, 0.15) is 18.0 Å². The van der Waals surface area contributed by atoms with Gasteiger partial charge < -0.3 is 10.6 Å². The summed E-state index contributed by atoms with van der Waals surface area (Å²) in [6.45, 7) is 1.90. The van der Waals surface area contributed by atoms with Crippen molar-refractivity contribution in [3.05, 3.63) is 64.7 Å². The van der Waals surface area contributed by atoms with Gasteiger partial charge in [-0.25, -0.2) is 19.9 Å². The van der Waals surface area contributed by atoms with E-state index in [2.05, 4.69) is 30.6 Å². The minimum Gasteiger partial charge on any atom is -0.319 e. The molecule has 0 aromatic carbocycles. The highest BCUT2D eigenvalue weighted by Crippen LogP contribution is 2.32. The van der Waals surface area contributed by atoms with Crippen LogP contribution in [-0.4, -0.2) is 24.9 Å². The van der Waals surface area contributed by atoms with Crippen molar-refractivity contribution < 1.29 is 4.92 Å². The lowest BCUT2D eigenvalue weighted by Gasteiger charge is -2.09. The molecule has 24 heavy (non-hydrogen) atoms. The standard InChI is InChI=1S/C15H13N7O2/c1-10-5-6-12(17-8-10)21-15-13(22(23)24)14(18-9-19-15)20-11-4-2-3-7-16-11/h2-9H,1H3,(H2,16,17,18,19,20,21). The predicted octanol–water partition coefficient (Wildman–Crippen LogP) is 2.97. The van der Waals surface area contributed by atoms with E-state index in [1.54, 1.807) is 36.7 Å². The van der Waals surface area contributed by atoms with Crippen molar-refractivity contribution >= 4 is 29.0 Å². The van der Waals surface area contributed by atoms with Crippen LogP contribution in [0.3, 0.4) is 0 Å². The van der Waals surface area contributed by atoms with Gasteiger partial charge in [0, 0.05) is 12.4 Å². The molecule has 0 atom stereocenters. The Morgan fingerprint density at radius 3 is 2.21 bits per heavy atom. The molecule has 3 rings (SSSR count). The van der Waals surface area contributed by atoms with Gasteiger partial charge in [-0.3, -0.25) is 10.1 Å². The Bertz CT molecular complexity index is 853. The first-order valence-electron chi connectivity index (χ1n) is 7.00. The smallest absolute Gasteiger partial charge is 0.319 e. The maximum Gasteiger partial charge on any atom is 0.354 e. The second-order valence-corrected chi connectivity index (χ2v) is 4.86. The Kier molecular flexibility index (Phi) is 4.23. The number of nitro groups is 1. The van der Waals surface area contributed by atoms with Gasteiger partial charge in [0.2, 0.25) is 11.6 Å².